The molecule has 1 amide bonds. The van der Waals surface area contributed by atoms with E-state index in [1.807, 2.05) is 0 Å². The van der Waals surface area contributed by atoms with E-state index >= 15 is 0 Å². The number of aromatic nitrogens is 2. The summed E-state index contributed by atoms with van der Waals surface area (Å²) in [7, 11) is 3.07. The van der Waals surface area contributed by atoms with Crippen LogP contribution in [-0.2, 0) is 11.3 Å². The standard InChI is InChI=1S/C19H26N4O4.ClH/c1-26-16-9-14-15(10-17(16)27-2)21-12-23(19(14)25)8-4-6-18(24)22-13-5-3-7-20-11-13;/h9-10,12-13,20H,3-8,11H2,1-2H3,(H,22,24);1H. The Kier molecular flexibility index (Phi) is 8.07. The predicted octanol–water partition coefficient (Wildman–Crippen LogP) is 1.48. The van der Waals surface area contributed by atoms with Gasteiger partial charge in [-0.1, -0.05) is 0 Å². The maximum Gasteiger partial charge on any atom is 0.261 e. The molecule has 1 fully saturated rings. The van der Waals surface area contributed by atoms with Gasteiger partial charge in [0.1, 0.15) is 0 Å². The van der Waals surface area contributed by atoms with Crippen molar-refractivity contribution >= 4 is 29.2 Å². The highest BCUT2D eigenvalue weighted by Crippen LogP contribution is 2.29. The molecule has 2 aromatic rings. The molecule has 0 aliphatic carbocycles. The first-order chi connectivity index (χ1) is 13.1. The summed E-state index contributed by atoms with van der Waals surface area (Å²) in [6.07, 6.45) is 4.56. The number of hydrogen-bond acceptors (Lipinski definition) is 6. The first kappa shape index (κ1) is 22.0. The zero-order valence-electron chi connectivity index (χ0n) is 16.2. The summed E-state index contributed by atoms with van der Waals surface area (Å²) in [5.41, 5.74) is 0.397. The molecule has 3 rings (SSSR count). The maximum absolute atomic E-state index is 12.7. The topological polar surface area (TPSA) is 94.5 Å². The molecule has 1 atom stereocenters. The van der Waals surface area contributed by atoms with Gasteiger partial charge in [-0.25, -0.2) is 4.98 Å². The molecule has 0 saturated carbocycles. The summed E-state index contributed by atoms with van der Waals surface area (Å²) < 4.78 is 12.0. The van der Waals surface area contributed by atoms with Gasteiger partial charge in [0.2, 0.25) is 5.91 Å². The van der Waals surface area contributed by atoms with Crippen molar-refractivity contribution in [1.82, 2.24) is 20.2 Å². The van der Waals surface area contributed by atoms with E-state index in [2.05, 4.69) is 15.6 Å². The Balaban J connectivity index is 0.00000280. The number of halogens is 1. The highest BCUT2D eigenvalue weighted by molar-refractivity contribution is 5.85. The summed E-state index contributed by atoms with van der Waals surface area (Å²) in [4.78, 5) is 29.1. The van der Waals surface area contributed by atoms with Crippen LogP contribution in [0.3, 0.4) is 0 Å². The van der Waals surface area contributed by atoms with E-state index in [0.717, 1.165) is 25.9 Å². The fourth-order valence-corrected chi connectivity index (χ4v) is 3.33. The Morgan fingerprint density at radius 3 is 2.75 bits per heavy atom. The Morgan fingerprint density at radius 2 is 2.07 bits per heavy atom. The molecule has 8 nitrogen and oxygen atoms in total. The van der Waals surface area contributed by atoms with Gasteiger partial charge < -0.3 is 20.1 Å². The number of rotatable bonds is 7. The van der Waals surface area contributed by atoms with Crippen LogP contribution in [0.5, 0.6) is 11.5 Å². The highest BCUT2D eigenvalue weighted by Gasteiger charge is 2.15. The number of carbonyl (C=O) groups is 1. The van der Waals surface area contributed by atoms with Crippen molar-refractivity contribution in [3.63, 3.8) is 0 Å². The molecule has 2 N–H and O–H groups in total. The third-order valence-electron chi connectivity index (χ3n) is 4.79. The number of benzene rings is 1. The normalized spacial score (nSPS) is 16.3. The van der Waals surface area contributed by atoms with Crippen LogP contribution in [-0.4, -0.2) is 48.8 Å². The van der Waals surface area contributed by atoms with Crippen LogP contribution >= 0.6 is 12.4 Å². The average molecular weight is 411 g/mol. The Hall–Kier alpha value is -2.32. The van der Waals surface area contributed by atoms with Crippen molar-refractivity contribution < 1.29 is 14.3 Å². The van der Waals surface area contributed by atoms with Gasteiger partial charge in [0.25, 0.3) is 5.56 Å². The summed E-state index contributed by atoms with van der Waals surface area (Å²) in [5, 5.41) is 6.78. The first-order valence-corrected chi connectivity index (χ1v) is 9.23. The molecule has 1 unspecified atom stereocenters. The van der Waals surface area contributed by atoms with Gasteiger partial charge in [0.05, 0.1) is 31.4 Å². The number of aryl methyl sites for hydroxylation is 1. The molecule has 1 aliphatic heterocycles. The zero-order chi connectivity index (χ0) is 19.2. The number of ether oxygens (including phenoxy) is 2. The van der Waals surface area contributed by atoms with Gasteiger partial charge in [0.15, 0.2) is 11.5 Å². The highest BCUT2D eigenvalue weighted by atomic mass is 35.5. The minimum atomic E-state index is -0.155. The van der Waals surface area contributed by atoms with Crippen molar-refractivity contribution in [2.45, 2.75) is 38.3 Å². The number of piperidine rings is 1. The molecule has 154 valence electrons. The maximum atomic E-state index is 12.7. The van der Waals surface area contributed by atoms with Crippen molar-refractivity contribution in [1.29, 1.82) is 0 Å². The fourth-order valence-electron chi connectivity index (χ4n) is 3.33. The number of carbonyl (C=O) groups excluding carboxylic acids is 1. The van der Waals surface area contributed by atoms with Gasteiger partial charge in [0, 0.05) is 31.6 Å². The molecule has 2 heterocycles. The van der Waals surface area contributed by atoms with Gasteiger partial charge >= 0.3 is 0 Å². The lowest BCUT2D eigenvalue weighted by molar-refractivity contribution is -0.122. The van der Waals surface area contributed by atoms with Crippen LogP contribution in [0, 0.1) is 0 Å². The first-order valence-electron chi connectivity index (χ1n) is 9.23. The van der Waals surface area contributed by atoms with Gasteiger partial charge in [-0.15, -0.1) is 12.4 Å². The molecule has 1 saturated heterocycles. The molecule has 0 bridgehead atoms. The van der Waals surface area contributed by atoms with E-state index in [1.165, 1.54) is 18.0 Å². The van der Waals surface area contributed by atoms with Gasteiger partial charge in [-0.3, -0.25) is 14.2 Å². The summed E-state index contributed by atoms with van der Waals surface area (Å²) >= 11 is 0. The molecule has 1 aromatic heterocycles. The smallest absolute Gasteiger partial charge is 0.261 e. The van der Waals surface area contributed by atoms with Crippen molar-refractivity contribution in [3.8, 4) is 11.5 Å². The molecule has 0 radical (unpaired) electrons. The molecular formula is C19H27ClN4O4. The monoisotopic (exact) mass is 410 g/mol. The van der Waals surface area contributed by atoms with E-state index in [9.17, 15) is 9.59 Å². The fraction of sp³-hybridized carbons (Fsp3) is 0.526. The Bertz CT molecular complexity index is 865. The van der Waals surface area contributed by atoms with Crippen LogP contribution in [0.2, 0.25) is 0 Å². The molecule has 0 spiro atoms. The molecule has 1 aliphatic rings. The number of nitrogens with one attached hydrogen (secondary N) is 2. The van der Waals surface area contributed by atoms with Crippen molar-refractivity contribution in [2.24, 2.45) is 0 Å². The van der Waals surface area contributed by atoms with Gasteiger partial charge in [-0.05, 0) is 31.9 Å². The summed E-state index contributed by atoms with van der Waals surface area (Å²) in [6.45, 7) is 2.28. The Labute approximate surface area is 170 Å². The minimum Gasteiger partial charge on any atom is -0.493 e. The largest absolute Gasteiger partial charge is 0.493 e. The SMILES string of the molecule is COc1cc2ncn(CCCC(=O)NC3CCCNC3)c(=O)c2cc1OC.Cl. The molecule has 9 heteroatoms. The van der Waals surface area contributed by atoms with E-state index in [0.29, 0.717) is 41.8 Å². The Morgan fingerprint density at radius 1 is 1.32 bits per heavy atom. The molecule has 1 aromatic carbocycles. The van der Waals surface area contributed by atoms with Crippen LogP contribution in [0.25, 0.3) is 10.9 Å². The molecular weight excluding hydrogens is 384 g/mol. The van der Waals surface area contributed by atoms with Crippen LogP contribution < -0.4 is 25.7 Å². The van der Waals surface area contributed by atoms with Crippen LogP contribution in [0.15, 0.2) is 23.3 Å². The lowest BCUT2D eigenvalue weighted by atomic mass is 10.1. The number of methoxy groups -OCH3 is 2. The van der Waals surface area contributed by atoms with E-state index in [1.54, 1.807) is 19.2 Å². The second kappa shape index (κ2) is 10.3. The van der Waals surface area contributed by atoms with Gasteiger partial charge in [-0.2, -0.15) is 0 Å². The van der Waals surface area contributed by atoms with E-state index in [-0.39, 0.29) is 29.9 Å². The van der Waals surface area contributed by atoms with Crippen LogP contribution in [0.1, 0.15) is 25.7 Å². The van der Waals surface area contributed by atoms with E-state index in [4.69, 9.17) is 9.47 Å². The number of hydrogen-bond donors (Lipinski definition) is 2. The predicted molar refractivity (Wildman–Crippen MR) is 110 cm³/mol. The second-order valence-corrected chi connectivity index (χ2v) is 6.68. The quantitative estimate of drug-likeness (QED) is 0.718. The summed E-state index contributed by atoms with van der Waals surface area (Å²) in [5.74, 6) is 1.04. The number of nitrogens with zero attached hydrogens (tertiary/aromatic N) is 2. The van der Waals surface area contributed by atoms with E-state index < -0.39 is 0 Å². The lowest BCUT2D eigenvalue weighted by Crippen LogP contribution is -2.45. The third-order valence-corrected chi connectivity index (χ3v) is 4.79. The number of amides is 1. The third kappa shape index (κ3) is 5.14. The van der Waals surface area contributed by atoms with Crippen LogP contribution in [0.4, 0.5) is 0 Å². The molecule has 28 heavy (non-hydrogen) atoms. The lowest BCUT2D eigenvalue weighted by Gasteiger charge is -2.23. The minimum absolute atomic E-state index is 0. The second-order valence-electron chi connectivity index (χ2n) is 6.68. The number of fused-ring (bicyclic) bond motifs is 1. The zero-order valence-corrected chi connectivity index (χ0v) is 17.0. The summed E-state index contributed by atoms with van der Waals surface area (Å²) in [6, 6.07) is 3.53. The van der Waals surface area contributed by atoms with Crippen molar-refractivity contribution in [2.75, 3.05) is 27.3 Å². The average Bonchev–Trinajstić information content (AvgIpc) is 2.69. The van der Waals surface area contributed by atoms with Crippen molar-refractivity contribution in [3.05, 3.63) is 28.8 Å².